The van der Waals surface area contributed by atoms with Gasteiger partial charge in [-0.1, -0.05) is 42.5 Å². The lowest BCUT2D eigenvalue weighted by Crippen LogP contribution is -2.25. The van der Waals surface area contributed by atoms with E-state index in [-0.39, 0.29) is 24.3 Å². The molecule has 0 saturated carbocycles. The van der Waals surface area contributed by atoms with Gasteiger partial charge in [-0.15, -0.1) is 10.2 Å². The molecule has 1 heterocycles. The van der Waals surface area contributed by atoms with Crippen LogP contribution in [0.5, 0.6) is 0 Å². The number of carbonyl (C=O) groups is 2. The van der Waals surface area contributed by atoms with Gasteiger partial charge >= 0.3 is 11.9 Å². The molecule has 0 aliphatic carbocycles. The molecule has 7 heteroatoms. The van der Waals surface area contributed by atoms with Crippen molar-refractivity contribution in [1.29, 1.82) is 0 Å². The molecule has 0 saturated heterocycles. The third-order valence-electron chi connectivity index (χ3n) is 3.80. The minimum Gasteiger partial charge on any atom is -0.459 e. The molecule has 138 valence electrons. The van der Waals surface area contributed by atoms with E-state index in [2.05, 4.69) is 15.5 Å². The molecule has 1 N–H and O–H groups in total. The number of aromatic nitrogens is 2. The molecule has 0 radical (unpaired) electrons. The zero-order chi connectivity index (χ0) is 19.1. The molecule has 2 aromatic carbocycles. The van der Waals surface area contributed by atoms with Crippen molar-refractivity contribution in [3.8, 4) is 11.1 Å². The van der Waals surface area contributed by atoms with E-state index in [0.717, 1.165) is 11.1 Å². The fraction of sp³-hybridized carbons (Fsp3) is 0.200. The second kappa shape index (κ2) is 8.75. The summed E-state index contributed by atoms with van der Waals surface area (Å²) in [5.74, 6) is -0.772. The standard InChI is InChI=1S/C20H19N3O4/c1-2-26-20(25)19-23-22-17(27-19)12-13-21-18(24)16-10-8-15(9-11-16)14-6-4-3-5-7-14/h3-11H,2,12-13H2,1H3,(H,21,24). The van der Waals surface area contributed by atoms with E-state index in [9.17, 15) is 9.59 Å². The van der Waals surface area contributed by atoms with Crippen LogP contribution in [0, 0.1) is 0 Å². The van der Waals surface area contributed by atoms with Gasteiger partial charge in [-0.2, -0.15) is 0 Å². The van der Waals surface area contributed by atoms with Crippen molar-refractivity contribution in [2.75, 3.05) is 13.2 Å². The van der Waals surface area contributed by atoms with Crippen molar-refractivity contribution in [2.24, 2.45) is 0 Å². The van der Waals surface area contributed by atoms with Crippen molar-refractivity contribution in [1.82, 2.24) is 15.5 Å². The molecular formula is C20H19N3O4. The lowest BCUT2D eigenvalue weighted by Gasteiger charge is -2.05. The quantitative estimate of drug-likeness (QED) is 0.647. The molecule has 7 nitrogen and oxygen atoms in total. The van der Waals surface area contributed by atoms with Crippen LogP contribution in [-0.2, 0) is 11.2 Å². The third kappa shape index (κ3) is 4.78. The highest BCUT2D eigenvalue weighted by atomic mass is 16.5. The summed E-state index contributed by atoms with van der Waals surface area (Å²) in [5, 5.41) is 10.2. The smallest absolute Gasteiger partial charge is 0.396 e. The highest BCUT2D eigenvalue weighted by Gasteiger charge is 2.15. The predicted molar refractivity (Wildman–Crippen MR) is 98.2 cm³/mol. The highest BCUT2D eigenvalue weighted by Crippen LogP contribution is 2.19. The topological polar surface area (TPSA) is 94.3 Å². The Morgan fingerprint density at radius 2 is 1.70 bits per heavy atom. The van der Waals surface area contributed by atoms with Gasteiger partial charge in [-0.05, 0) is 30.2 Å². The van der Waals surface area contributed by atoms with E-state index in [4.69, 9.17) is 9.15 Å². The monoisotopic (exact) mass is 365 g/mol. The van der Waals surface area contributed by atoms with E-state index < -0.39 is 5.97 Å². The van der Waals surface area contributed by atoms with Gasteiger partial charge in [-0.25, -0.2) is 4.79 Å². The molecular weight excluding hydrogens is 346 g/mol. The van der Waals surface area contributed by atoms with Gasteiger partial charge in [0.05, 0.1) is 6.61 Å². The zero-order valence-electron chi connectivity index (χ0n) is 14.8. The average molecular weight is 365 g/mol. The van der Waals surface area contributed by atoms with Crippen molar-refractivity contribution in [2.45, 2.75) is 13.3 Å². The highest BCUT2D eigenvalue weighted by molar-refractivity contribution is 5.94. The summed E-state index contributed by atoms with van der Waals surface area (Å²) in [7, 11) is 0. The van der Waals surface area contributed by atoms with Gasteiger partial charge in [0, 0.05) is 18.5 Å². The van der Waals surface area contributed by atoms with E-state index in [1.807, 2.05) is 42.5 Å². The number of carbonyl (C=O) groups excluding carboxylic acids is 2. The van der Waals surface area contributed by atoms with Gasteiger partial charge < -0.3 is 14.5 Å². The summed E-state index contributed by atoms with van der Waals surface area (Å²) in [4.78, 5) is 23.7. The fourth-order valence-electron chi connectivity index (χ4n) is 2.46. The molecule has 3 rings (SSSR count). The molecule has 1 aromatic heterocycles. The summed E-state index contributed by atoms with van der Waals surface area (Å²) in [6, 6.07) is 17.3. The maximum absolute atomic E-state index is 12.2. The molecule has 1 amide bonds. The second-order valence-electron chi connectivity index (χ2n) is 5.67. The maximum atomic E-state index is 12.2. The molecule has 0 aliphatic rings. The van der Waals surface area contributed by atoms with Crippen LogP contribution in [0.25, 0.3) is 11.1 Å². The molecule has 0 bridgehead atoms. The van der Waals surface area contributed by atoms with Gasteiger partial charge in [0.2, 0.25) is 5.89 Å². The largest absolute Gasteiger partial charge is 0.459 e. The Morgan fingerprint density at radius 3 is 2.41 bits per heavy atom. The van der Waals surface area contributed by atoms with Crippen molar-refractivity contribution >= 4 is 11.9 Å². The first-order valence-electron chi connectivity index (χ1n) is 8.60. The molecule has 27 heavy (non-hydrogen) atoms. The van der Waals surface area contributed by atoms with Crippen LogP contribution in [0.4, 0.5) is 0 Å². The first-order chi connectivity index (χ1) is 13.2. The average Bonchev–Trinajstić information content (AvgIpc) is 3.18. The van der Waals surface area contributed by atoms with Crippen molar-refractivity contribution in [3.63, 3.8) is 0 Å². The van der Waals surface area contributed by atoms with Crippen LogP contribution in [0.15, 0.2) is 59.0 Å². The van der Waals surface area contributed by atoms with Crippen LogP contribution in [-0.4, -0.2) is 35.2 Å². The Bertz CT molecular complexity index is 904. The molecule has 0 fully saturated rings. The third-order valence-corrected chi connectivity index (χ3v) is 3.80. The summed E-state index contributed by atoms with van der Waals surface area (Å²) in [5.41, 5.74) is 2.70. The SMILES string of the molecule is CCOC(=O)c1nnc(CCNC(=O)c2ccc(-c3ccccc3)cc2)o1. The lowest BCUT2D eigenvalue weighted by molar-refractivity contribution is 0.0478. The molecule has 0 aliphatic heterocycles. The number of nitrogens with one attached hydrogen (secondary N) is 1. The molecule has 0 atom stereocenters. The lowest BCUT2D eigenvalue weighted by atomic mass is 10.0. The van der Waals surface area contributed by atoms with Crippen LogP contribution >= 0.6 is 0 Å². The summed E-state index contributed by atoms with van der Waals surface area (Å²) >= 11 is 0. The maximum Gasteiger partial charge on any atom is 0.396 e. The van der Waals surface area contributed by atoms with Crippen LogP contribution in [0.1, 0.15) is 33.9 Å². The summed E-state index contributed by atoms with van der Waals surface area (Å²) in [6.07, 6.45) is 0.320. The van der Waals surface area contributed by atoms with E-state index in [1.54, 1.807) is 19.1 Å². The van der Waals surface area contributed by atoms with Gasteiger partial charge in [-0.3, -0.25) is 4.79 Å². The number of esters is 1. The normalized spacial score (nSPS) is 10.4. The first-order valence-corrected chi connectivity index (χ1v) is 8.60. The second-order valence-corrected chi connectivity index (χ2v) is 5.67. The van der Waals surface area contributed by atoms with E-state index >= 15 is 0 Å². The minimum atomic E-state index is -0.654. The van der Waals surface area contributed by atoms with Gasteiger partial charge in [0.1, 0.15) is 0 Å². The van der Waals surface area contributed by atoms with Crippen molar-refractivity contribution < 1.29 is 18.7 Å². The Morgan fingerprint density at radius 1 is 1.00 bits per heavy atom. The molecule has 0 unspecified atom stereocenters. The zero-order valence-corrected chi connectivity index (χ0v) is 14.8. The minimum absolute atomic E-state index is 0.185. The Hall–Kier alpha value is -3.48. The molecule has 3 aromatic rings. The fourth-order valence-corrected chi connectivity index (χ4v) is 2.46. The summed E-state index contributed by atoms with van der Waals surface area (Å²) in [6.45, 7) is 2.23. The Labute approximate surface area is 156 Å². The van der Waals surface area contributed by atoms with E-state index in [0.29, 0.717) is 18.5 Å². The van der Waals surface area contributed by atoms with Crippen LogP contribution in [0.3, 0.4) is 0 Å². The Balaban J connectivity index is 1.51. The number of hydrogen-bond acceptors (Lipinski definition) is 6. The predicted octanol–water partition coefficient (Wildman–Crippen LogP) is 2.89. The van der Waals surface area contributed by atoms with Crippen LogP contribution < -0.4 is 5.32 Å². The first kappa shape index (κ1) is 18.3. The van der Waals surface area contributed by atoms with Gasteiger partial charge in [0.15, 0.2) is 0 Å². The number of hydrogen-bond donors (Lipinski definition) is 1. The number of ether oxygens (including phenoxy) is 1. The number of benzene rings is 2. The summed E-state index contributed by atoms with van der Waals surface area (Å²) < 4.78 is 9.98. The van der Waals surface area contributed by atoms with Gasteiger partial charge in [0.25, 0.3) is 5.91 Å². The molecule has 0 spiro atoms. The Kier molecular flexibility index (Phi) is 5.94. The number of amides is 1. The number of nitrogens with zero attached hydrogens (tertiary/aromatic N) is 2. The van der Waals surface area contributed by atoms with Crippen LogP contribution in [0.2, 0.25) is 0 Å². The van der Waals surface area contributed by atoms with Crippen molar-refractivity contribution in [3.05, 3.63) is 71.9 Å². The van der Waals surface area contributed by atoms with E-state index in [1.165, 1.54) is 0 Å². The number of rotatable bonds is 7.